The molecule has 128 valence electrons. The number of carbonyl (C=O) groups excluding carboxylic acids is 1. The average molecular weight is 366 g/mol. The van der Waals surface area contributed by atoms with Gasteiger partial charge in [0.15, 0.2) is 5.16 Å². The lowest BCUT2D eigenvalue weighted by molar-refractivity contribution is -0.140. The number of ether oxygens (including phenoxy) is 1. The highest BCUT2D eigenvalue weighted by molar-refractivity contribution is 7.99. The van der Waals surface area contributed by atoms with Gasteiger partial charge in [-0.25, -0.2) is 4.98 Å². The third kappa shape index (κ3) is 4.12. The summed E-state index contributed by atoms with van der Waals surface area (Å²) in [6.07, 6.45) is 3.76. The maximum atomic E-state index is 12.5. The van der Waals surface area contributed by atoms with Crippen molar-refractivity contribution in [1.82, 2.24) is 14.5 Å². The summed E-state index contributed by atoms with van der Waals surface area (Å²) in [5, 5.41) is 1.45. The number of amides is 1. The molecule has 3 rings (SSSR count). The quantitative estimate of drug-likeness (QED) is 0.780. The Bertz CT molecular complexity index is 711. The Labute approximate surface area is 151 Å². The third-order valence-corrected chi connectivity index (χ3v) is 4.98. The maximum absolute atomic E-state index is 12.5. The molecule has 1 aliphatic heterocycles. The Morgan fingerprint density at radius 1 is 1.38 bits per heavy atom. The zero-order valence-electron chi connectivity index (χ0n) is 13.7. The van der Waals surface area contributed by atoms with Gasteiger partial charge in [-0.3, -0.25) is 9.36 Å². The molecule has 1 saturated heterocycles. The van der Waals surface area contributed by atoms with Crippen LogP contribution in [0.1, 0.15) is 13.8 Å². The molecule has 2 aromatic rings. The SMILES string of the molecule is CC1CN(C(=O)CSc2nccn2-c2cccc(Cl)c2)CC(C)O1. The van der Waals surface area contributed by atoms with E-state index in [1.54, 1.807) is 6.20 Å². The molecule has 0 bridgehead atoms. The Morgan fingerprint density at radius 3 is 2.83 bits per heavy atom. The van der Waals surface area contributed by atoms with Gasteiger partial charge < -0.3 is 9.64 Å². The summed E-state index contributed by atoms with van der Waals surface area (Å²) in [6, 6.07) is 7.57. The summed E-state index contributed by atoms with van der Waals surface area (Å²) in [4.78, 5) is 18.7. The molecule has 2 unspecified atom stereocenters. The first-order valence-corrected chi connectivity index (χ1v) is 9.24. The zero-order chi connectivity index (χ0) is 17.1. The molecule has 0 N–H and O–H groups in total. The minimum Gasteiger partial charge on any atom is -0.372 e. The molecule has 1 aliphatic rings. The molecule has 0 spiro atoms. The minimum atomic E-state index is 0.0798. The number of hydrogen-bond donors (Lipinski definition) is 0. The van der Waals surface area contributed by atoms with E-state index in [0.717, 1.165) is 10.8 Å². The van der Waals surface area contributed by atoms with Crippen LogP contribution < -0.4 is 0 Å². The smallest absolute Gasteiger partial charge is 0.233 e. The lowest BCUT2D eigenvalue weighted by Crippen LogP contribution is -2.48. The van der Waals surface area contributed by atoms with Gasteiger partial charge >= 0.3 is 0 Å². The summed E-state index contributed by atoms with van der Waals surface area (Å²) in [5.41, 5.74) is 0.934. The van der Waals surface area contributed by atoms with E-state index < -0.39 is 0 Å². The molecule has 0 saturated carbocycles. The first-order valence-electron chi connectivity index (χ1n) is 7.88. The minimum absolute atomic E-state index is 0.0798. The molecular weight excluding hydrogens is 346 g/mol. The van der Waals surface area contributed by atoms with E-state index in [2.05, 4.69) is 4.98 Å². The summed E-state index contributed by atoms with van der Waals surface area (Å²) in [7, 11) is 0. The standard InChI is InChI=1S/C17H20ClN3O2S/c1-12-9-20(10-13(2)23-12)16(22)11-24-17-19-6-7-21(17)15-5-3-4-14(18)8-15/h3-8,12-13H,9-11H2,1-2H3. The van der Waals surface area contributed by atoms with Gasteiger partial charge in [-0.2, -0.15) is 0 Å². The molecule has 5 nitrogen and oxygen atoms in total. The van der Waals surface area contributed by atoms with Crippen molar-refractivity contribution in [3.05, 3.63) is 41.7 Å². The molecule has 24 heavy (non-hydrogen) atoms. The van der Waals surface area contributed by atoms with E-state index in [1.807, 2.05) is 53.8 Å². The van der Waals surface area contributed by atoms with Gasteiger partial charge in [0.25, 0.3) is 0 Å². The maximum Gasteiger partial charge on any atom is 0.233 e. The molecule has 0 radical (unpaired) electrons. The summed E-state index contributed by atoms with van der Waals surface area (Å²) in [5.74, 6) is 0.472. The second kappa shape index (κ2) is 7.59. The van der Waals surface area contributed by atoms with Gasteiger partial charge in [-0.05, 0) is 32.0 Å². The van der Waals surface area contributed by atoms with E-state index >= 15 is 0 Å². The highest BCUT2D eigenvalue weighted by atomic mass is 35.5. The number of imidazole rings is 1. The summed E-state index contributed by atoms with van der Waals surface area (Å²) in [6.45, 7) is 5.28. The Balaban J connectivity index is 1.65. The first-order chi connectivity index (χ1) is 11.5. The van der Waals surface area contributed by atoms with Crippen molar-refractivity contribution in [2.24, 2.45) is 0 Å². The van der Waals surface area contributed by atoms with Crippen molar-refractivity contribution in [3.63, 3.8) is 0 Å². The Kier molecular flexibility index (Phi) is 5.48. The number of rotatable bonds is 4. The predicted octanol–water partition coefficient (Wildman–Crippen LogP) is 3.25. The van der Waals surface area contributed by atoms with Crippen LogP contribution in [0.5, 0.6) is 0 Å². The van der Waals surface area contributed by atoms with Crippen molar-refractivity contribution in [2.75, 3.05) is 18.8 Å². The lowest BCUT2D eigenvalue weighted by Gasteiger charge is -2.35. The Hall–Kier alpha value is -1.50. The van der Waals surface area contributed by atoms with Gasteiger partial charge in [-0.15, -0.1) is 0 Å². The van der Waals surface area contributed by atoms with Crippen LogP contribution in [0, 0.1) is 0 Å². The fourth-order valence-corrected chi connectivity index (χ4v) is 3.88. The predicted molar refractivity (Wildman–Crippen MR) is 95.9 cm³/mol. The van der Waals surface area contributed by atoms with Crippen LogP contribution in [0.3, 0.4) is 0 Å². The molecule has 1 aromatic heterocycles. The fourth-order valence-electron chi connectivity index (χ4n) is 2.82. The molecule has 1 aromatic carbocycles. The largest absolute Gasteiger partial charge is 0.372 e. The van der Waals surface area contributed by atoms with Gasteiger partial charge in [0.2, 0.25) is 5.91 Å². The molecule has 1 amide bonds. The van der Waals surface area contributed by atoms with E-state index in [9.17, 15) is 4.79 Å². The molecule has 0 aliphatic carbocycles. The average Bonchev–Trinajstić information content (AvgIpc) is 3.00. The van der Waals surface area contributed by atoms with Crippen molar-refractivity contribution in [3.8, 4) is 5.69 Å². The number of hydrogen-bond acceptors (Lipinski definition) is 4. The van der Waals surface area contributed by atoms with Crippen LogP contribution in [-0.4, -0.2) is 51.4 Å². The number of nitrogens with zero attached hydrogens (tertiary/aromatic N) is 3. The number of aromatic nitrogens is 2. The van der Waals surface area contributed by atoms with Crippen molar-refractivity contribution in [1.29, 1.82) is 0 Å². The Morgan fingerprint density at radius 2 is 2.12 bits per heavy atom. The zero-order valence-corrected chi connectivity index (χ0v) is 15.3. The number of benzene rings is 1. The van der Waals surface area contributed by atoms with E-state index in [0.29, 0.717) is 23.9 Å². The first kappa shape index (κ1) is 17.3. The topological polar surface area (TPSA) is 47.4 Å². The highest BCUT2D eigenvalue weighted by Gasteiger charge is 2.26. The second-order valence-corrected chi connectivity index (χ2v) is 7.28. The van der Waals surface area contributed by atoms with E-state index in [-0.39, 0.29) is 18.1 Å². The number of morpholine rings is 1. The third-order valence-electron chi connectivity index (χ3n) is 3.79. The van der Waals surface area contributed by atoms with E-state index in [1.165, 1.54) is 11.8 Å². The molecule has 7 heteroatoms. The van der Waals surface area contributed by atoms with Gasteiger partial charge in [0.1, 0.15) is 0 Å². The van der Waals surface area contributed by atoms with Gasteiger partial charge in [0, 0.05) is 36.2 Å². The van der Waals surface area contributed by atoms with Crippen LogP contribution in [0.15, 0.2) is 41.8 Å². The highest BCUT2D eigenvalue weighted by Crippen LogP contribution is 2.23. The van der Waals surface area contributed by atoms with Crippen LogP contribution in [-0.2, 0) is 9.53 Å². The summed E-state index contributed by atoms with van der Waals surface area (Å²) < 4.78 is 7.61. The number of halogens is 1. The van der Waals surface area contributed by atoms with Gasteiger partial charge in [0.05, 0.1) is 18.0 Å². The van der Waals surface area contributed by atoms with Crippen molar-refractivity contribution in [2.45, 2.75) is 31.2 Å². The van der Waals surface area contributed by atoms with Crippen LogP contribution in [0.4, 0.5) is 0 Å². The molecule has 1 fully saturated rings. The van der Waals surface area contributed by atoms with Crippen LogP contribution in [0.25, 0.3) is 5.69 Å². The molecule has 2 atom stereocenters. The van der Waals surface area contributed by atoms with E-state index in [4.69, 9.17) is 16.3 Å². The number of carbonyl (C=O) groups is 1. The summed E-state index contributed by atoms with van der Waals surface area (Å²) >= 11 is 7.49. The van der Waals surface area contributed by atoms with Crippen molar-refractivity contribution < 1.29 is 9.53 Å². The normalized spacial score (nSPS) is 21.0. The fraction of sp³-hybridized carbons (Fsp3) is 0.412. The monoisotopic (exact) mass is 365 g/mol. The van der Waals surface area contributed by atoms with Gasteiger partial charge in [-0.1, -0.05) is 29.4 Å². The van der Waals surface area contributed by atoms with Crippen LogP contribution in [0.2, 0.25) is 5.02 Å². The second-order valence-electron chi connectivity index (χ2n) is 5.90. The van der Waals surface area contributed by atoms with Crippen LogP contribution >= 0.6 is 23.4 Å². The lowest BCUT2D eigenvalue weighted by atomic mass is 10.2. The van der Waals surface area contributed by atoms with Crippen molar-refractivity contribution >= 4 is 29.3 Å². The molecule has 2 heterocycles. The molecular formula is C17H20ClN3O2S. The number of thioether (sulfide) groups is 1.